The van der Waals surface area contributed by atoms with Crippen LogP contribution in [0.5, 0.6) is 0 Å². The number of aromatic nitrogens is 3. The molecule has 0 bridgehead atoms. The van der Waals surface area contributed by atoms with Gasteiger partial charge in [-0.1, -0.05) is 5.16 Å². The van der Waals surface area contributed by atoms with Gasteiger partial charge in [0.2, 0.25) is 0 Å². The molecule has 0 atom stereocenters. The molecule has 0 unspecified atom stereocenters. The second-order valence-electron chi connectivity index (χ2n) is 9.30. The number of pyridine rings is 1. The van der Waals surface area contributed by atoms with Crippen LogP contribution in [0.15, 0.2) is 17.5 Å². The van der Waals surface area contributed by atoms with Crippen molar-refractivity contribution in [3.63, 3.8) is 0 Å². The summed E-state index contributed by atoms with van der Waals surface area (Å²) < 4.78 is 27.4. The van der Waals surface area contributed by atoms with E-state index in [2.05, 4.69) is 22.5 Å². The summed E-state index contributed by atoms with van der Waals surface area (Å²) in [6.07, 6.45) is 10.1. The van der Waals surface area contributed by atoms with Crippen molar-refractivity contribution in [2.24, 2.45) is 5.16 Å². The van der Waals surface area contributed by atoms with Crippen molar-refractivity contribution < 1.29 is 18.7 Å². The number of nitrogens with one attached hydrogen (secondary N) is 1. The normalized spacial score (nSPS) is 24.4. The lowest BCUT2D eigenvalue weighted by atomic mass is 9.79. The molecule has 10 heteroatoms. The van der Waals surface area contributed by atoms with Crippen LogP contribution in [-0.2, 0) is 16.1 Å². The molecule has 32 heavy (non-hydrogen) atoms. The quantitative estimate of drug-likeness (QED) is 0.608. The molecule has 0 radical (unpaired) electrons. The Kier molecular flexibility index (Phi) is 5.81. The molecule has 3 N–H and O–H groups in total. The van der Waals surface area contributed by atoms with Gasteiger partial charge in [-0.05, 0) is 45.4 Å². The Morgan fingerprint density at radius 3 is 2.66 bits per heavy atom. The van der Waals surface area contributed by atoms with Gasteiger partial charge >= 0.3 is 0 Å². The minimum Gasteiger partial charge on any atom is -0.389 e. The molecule has 4 heterocycles. The fraction of sp³-hybridized carbons (Fsp3) is 0.682. The maximum absolute atomic E-state index is 10.0. The van der Waals surface area contributed by atoms with Crippen LogP contribution in [0.3, 0.4) is 0 Å². The SMILES string of the molecule is CCn1ncc2c(NC3CCS(O)(O)CC3)c(C3=NOC4(CCC(OC)CC4)C3)cnc21. The second kappa shape index (κ2) is 8.48. The van der Waals surface area contributed by atoms with E-state index in [-0.39, 0.29) is 11.6 Å². The number of anilines is 1. The highest BCUT2D eigenvalue weighted by atomic mass is 32.3. The first-order valence-electron chi connectivity index (χ1n) is 11.5. The standard InChI is InChI=1S/C22H33N5O4S/c1-3-27-21-18(14-24-27)20(25-15-6-10-32(28,29)11-7-15)17(13-23-21)19-12-22(31-26-19)8-4-16(30-2)5-9-22/h13-16,28-29H,3-12H2,1-2H3,(H,23,25). The second-order valence-corrected chi connectivity index (χ2v) is 11.7. The van der Waals surface area contributed by atoms with Crippen LogP contribution in [0.2, 0.25) is 0 Å². The predicted molar refractivity (Wildman–Crippen MR) is 127 cm³/mol. The fourth-order valence-electron chi connectivity index (χ4n) is 5.18. The highest BCUT2D eigenvalue weighted by Crippen LogP contribution is 2.45. The zero-order chi connectivity index (χ0) is 22.3. The van der Waals surface area contributed by atoms with E-state index in [1.165, 1.54) is 0 Å². The van der Waals surface area contributed by atoms with E-state index >= 15 is 0 Å². The van der Waals surface area contributed by atoms with E-state index < -0.39 is 10.6 Å². The third-order valence-electron chi connectivity index (χ3n) is 7.23. The Morgan fingerprint density at radius 2 is 1.97 bits per heavy atom. The van der Waals surface area contributed by atoms with Crippen LogP contribution in [0.4, 0.5) is 5.69 Å². The summed E-state index contributed by atoms with van der Waals surface area (Å²) in [7, 11) is -0.647. The van der Waals surface area contributed by atoms with Crippen molar-refractivity contribution in [1.29, 1.82) is 0 Å². The fourth-order valence-corrected chi connectivity index (χ4v) is 6.70. The van der Waals surface area contributed by atoms with Crippen molar-refractivity contribution in [3.05, 3.63) is 18.0 Å². The first kappa shape index (κ1) is 21.9. The molecule has 2 aromatic heterocycles. The Labute approximate surface area is 189 Å². The molecule has 2 aromatic rings. The number of oxime groups is 1. The van der Waals surface area contributed by atoms with Gasteiger partial charge in [0.05, 0.1) is 29.1 Å². The molecule has 3 aliphatic rings. The minimum atomic E-state index is -2.42. The van der Waals surface area contributed by atoms with E-state index in [1.807, 2.05) is 17.1 Å². The Morgan fingerprint density at radius 1 is 1.22 bits per heavy atom. The lowest BCUT2D eigenvalue weighted by Crippen LogP contribution is -2.36. The largest absolute Gasteiger partial charge is 0.389 e. The van der Waals surface area contributed by atoms with E-state index in [4.69, 9.17) is 14.6 Å². The molecule has 9 nitrogen and oxygen atoms in total. The van der Waals surface area contributed by atoms with Crippen LogP contribution in [-0.4, -0.2) is 65.9 Å². The number of fused-ring (bicyclic) bond motifs is 1. The average Bonchev–Trinajstić information content (AvgIpc) is 3.40. The zero-order valence-electron chi connectivity index (χ0n) is 18.8. The molecule has 1 saturated heterocycles. The highest BCUT2D eigenvalue weighted by Gasteiger charge is 2.43. The van der Waals surface area contributed by atoms with Gasteiger partial charge in [-0.3, -0.25) is 9.11 Å². The van der Waals surface area contributed by atoms with Crippen LogP contribution >= 0.6 is 10.6 Å². The van der Waals surface area contributed by atoms with Gasteiger partial charge in [0.25, 0.3) is 0 Å². The highest BCUT2D eigenvalue weighted by molar-refractivity contribution is 8.24. The average molecular weight is 464 g/mol. The number of aryl methyl sites for hydroxylation is 1. The predicted octanol–water partition coefficient (Wildman–Crippen LogP) is 4.23. The Hall–Kier alpha value is -1.88. The molecule has 0 aromatic carbocycles. The molecular weight excluding hydrogens is 430 g/mol. The Bertz CT molecular complexity index is 1010. The number of hydrogen-bond acceptors (Lipinski definition) is 8. The van der Waals surface area contributed by atoms with Crippen molar-refractivity contribution in [2.45, 2.75) is 76.2 Å². The van der Waals surface area contributed by atoms with E-state index in [1.54, 1.807) is 7.11 Å². The lowest BCUT2D eigenvalue weighted by molar-refractivity contribution is -0.0744. The first-order valence-corrected chi connectivity index (χ1v) is 13.4. The first-order chi connectivity index (χ1) is 15.4. The molecule has 0 amide bonds. The molecule has 1 spiro atoms. The summed E-state index contributed by atoms with van der Waals surface area (Å²) in [6, 6.07) is 0.165. The van der Waals surface area contributed by atoms with Crippen molar-refractivity contribution >= 4 is 33.0 Å². The maximum atomic E-state index is 10.0. The number of hydrogen-bond donors (Lipinski definition) is 3. The van der Waals surface area contributed by atoms with Gasteiger partial charge in [0.1, 0.15) is 5.60 Å². The topological polar surface area (TPSA) is 114 Å². The maximum Gasteiger partial charge on any atom is 0.159 e. The molecule has 2 aliphatic heterocycles. The summed E-state index contributed by atoms with van der Waals surface area (Å²) in [5, 5.41) is 13.7. The monoisotopic (exact) mass is 463 g/mol. The van der Waals surface area contributed by atoms with E-state index in [0.717, 1.165) is 79.5 Å². The summed E-state index contributed by atoms with van der Waals surface area (Å²) >= 11 is 0. The number of nitrogens with zero attached hydrogens (tertiary/aromatic N) is 4. The molecule has 2 fully saturated rings. The molecule has 1 saturated carbocycles. The minimum absolute atomic E-state index is 0.165. The zero-order valence-corrected chi connectivity index (χ0v) is 19.6. The summed E-state index contributed by atoms with van der Waals surface area (Å²) in [5.41, 5.74) is 3.45. The summed E-state index contributed by atoms with van der Waals surface area (Å²) in [5.74, 6) is 0.882. The Balaban J connectivity index is 1.43. The van der Waals surface area contributed by atoms with Crippen LogP contribution in [0.25, 0.3) is 11.0 Å². The van der Waals surface area contributed by atoms with Gasteiger partial charge in [-0.25, -0.2) is 9.67 Å². The van der Waals surface area contributed by atoms with Crippen molar-refractivity contribution in [2.75, 3.05) is 23.9 Å². The van der Waals surface area contributed by atoms with Gasteiger partial charge in [0.15, 0.2) is 5.65 Å². The third kappa shape index (κ3) is 4.09. The van der Waals surface area contributed by atoms with Crippen molar-refractivity contribution in [1.82, 2.24) is 14.8 Å². The molecule has 1 aliphatic carbocycles. The number of methoxy groups -OCH3 is 1. The number of ether oxygens (including phenoxy) is 1. The van der Waals surface area contributed by atoms with Crippen LogP contribution in [0.1, 0.15) is 57.4 Å². The van der Waals surface area contributed by atoms with Crippen LogP contribution < -0.4 is 5.32 Å². The van der Waals surface area contributed by atoms with E-state index in [9.17, 15) is 9.11 Å². The van der Waals surface area contributed by atoms with Crippen molar-refractivity contribution in [3.8, 4) is 0 Å². The van der Waals surface area contributed by atoms with Gasteiger partial charge in [-0.2, -0.15) is 15.7 Å². The molecule has 5 rings (SSSR count). The van der Waals surface area contributed by atoms with E-state index in [0.29, 0.717) is 17.6 Å². The summed E-state index contributed by atoms with van der Waals surface area (Å²) in [6.45, 7) is 2.80. The molecular formula is C22H33N5O4S. The lowest BCUT2D eigenvalue weighted by Gasteiger charge is -2.39. The molecule has 176 valence electrons. The van der Waals surface area contributed by atoms with Gasteiger partial charge < -0.3 is 14.9 Å². The third-order valence-corrected chi connectivity index (χ3v) is 9.01. The van der Waals surface area contributed by atoms with Gasteiger partial charge in [-0.15, -0.1) is 0 Å². The summed E-state index contributed by atoms with van der Waals surface area (Å²) in [4.78, 5) is 10.8. The smallest absolute Gasteiger partial charge is 0.159 e. The van der Waals surface area contributed by atoms with Gasteiger partial charge in [0, 0.05) is 49.4 Å². The van der Waals surface area contributed by atoms with Crippen LogP contribution in [0, 0.1) is 0 Å². The number of rotatable bonds is 5.